The summed E-state index contributed by atoms with van der Waals surface area (Å²) < 4.78 is 26.4. The van der Waals surface area contributed by atoms with E-state index in [9.17, 15) is 8.42 Å². The third kappa shape index (κ3) is 2.36. The standard InChI is InChI=1S/C12H18N2O2S/c1-10-7-11(8-13)9-14(10)17(15,16)12-5-3-2-4-6-12/h2-6,10-11H,7-9,13H2,1H3. The van der Waals surface area contributed by atoms with Gasteiger partial charge < -0.3 is 5.73 Å². The zero-order chi connectivity index (χ0) is 12.5. The number of nitrogens with zero attached hydrogens (tertiary/aromatic N) is 1. The smallest absolute Gasteiger partial charge is 0.243 e. The number of hydrogen-bond acceptors (Lipinski definition) is 3. The highest BCUT2D eigenvalue weighted by Gasteiger charge is 2.36. The molecule has 2 N–H and O–H groups in total. The largest absolute Gasteiger partial charge is 0.330 e. The van der Waals surface area contributed by atoms with E-state index in [0.717, 1.165) is 6.42 Å². The average Bonchev–Trinajstić information content (AvgIpc) is 2.72. The minimum atomic E-state index is -3.35. The van der Waals surface area contributed by atoms with E-state index in [-0.39, 0.29) is 12.0 Å². The van der Waals surface area contributed by atoms with Crippen molar-refractivity contribution in [2.75, 3.05) is 13.1 Å². The van der Waals surface area contributed by atoms with Crippen LogP contribution in [0.15, 0.2) is 35.2 Å². The molecule has 5 heteroatoms. The van der Waals surface area contributed by atoms with E-state index >= 15 is 0 Å². The van der Waals surface area contributed by atoms with Crippen molar-refractivity contribution in [3.05, 3.63) is 30.3 Å². The molecular formula is C12H18N2O2S. The second-order valence-electron chi connectivity index (χ2n) is 4.57. The van der Waals surface area contributed by atoms with Crippen molar-refractivity contribution in [1.29, 1.82) is 0 Å². The summed E-state index contributed by atoms with van der Waals surface area (Å²) in [6.45, 7) is 3.02. The van der Waals surface area contributed by atoms with E-state index in [1.807, 2.05) is 13.0 Å². The predicted octanol–water partition coefficient (Wildman–Crippen LogP) is 1.04. The fourth-order valence-electron chi connectivity index (χ4n) is 2.34. The Morgan fingerprint density at radius 3 is 2.53 bits per heavy atom. The molecule has 94 valence electrons. The molecular weight excluding hydrogens is 236 g/mol. The molecule has 1 aliphatic heterocycles. The van der Waals surface area contributed by atoms with Gasteiger partial charge in [0.15, 0.2) is 0 Å². The van der Waals surface area contributed by atoms with Crippen molar-refractivity contribution in [3.63, 3.8) is 0 Å². The molecule has 1 saturated heterocycles. The van der Waals surface area contributed by atoms with Crippen LogP contribution in [0.1, 0.15) is 13.3 Å². The quantitative estimate of drug-likeness (QED) is 0.876. The second kappa shape index (κ2) is 4.76. The molecule has 17 heavy (non-hydrogen) atoms. The van der Waals surface area contributed by atoms with Crippen LogP contribution < -0.4 is 5.73 Å². The van der Waals surface area contributed by atoms with Gasteiger partial charge in [0.25, 0.3) is 0 Å². The third-order valence-electron chi connectivity index (χ3n) is 3.29. The first-order valence-corrected chi connectivity index (χ1v) is 7.26. The second-order valence-corrected chi connectivity index (χ2v) is 6.46. The Labute approximate surface area is 102 Å². The van der Waals surface area contributed by atoms with Gasteiger partial charge in [-0.3, -0.25) is 0 Å². The van der Waals surface area contributed by atoms with Gasteiger partial charge in [-0.15, -0.1) is 0 Å². The van der Waals surface area contributed by atoms with Gasteiger partial charge in [-0.1, -0.05) is 18.2 Å². The van der Waals surface area contributed by atoms with Crippen molar-refractivity contribution in [3.8, 4) is 0 Å². The molecule has 1 fully saturated rings. The van der Waals surface area contributed by atoms with Crippen molar-refractivity contribution >= 4 is 10.0 Å². The fourth-order valence-corrected chi connectivity index (χ4v) is 4.08. The molecule has 0 aliphatic carbocycles. The van der Waals surface area contributed by atoms with Crippen LogP contribution >= 0.6 is 0 Å². The SMILES string of the molecule is CC1CC(CN)CN1S(=O)(=O)c1ccccc1. The molecule has 1 aliphatic rings. The maximum atomic E-state index is 12.4. The van der Waals surface area contributed by atoms with Crippen LogP contribution in [-0.4, -0.2) is 31.9 Å². The monoisotopic (exact) mass is 254 g/mol. The Hall–Kier alpha value is -0.910. The molecule has 2 rings (SSSR count). The summed E-state index contributed by atoms with van der Waals surface area (Å²) in [5.41, 5.74) is 5.62. The molecule has 2 unspecified atom stereocenters. The van der Waals surface area contributed by atoms with Crippen LogP contribution in [0.5, 0.6) is 0 Å². The van der Waals surface area contributed by atoms with Gasteiger partial charge in [0.1, 0.15) is 0 Å². The molecule has 0 bridgehead atoms. The molecule has 0 amide bonds. The van der Waals surface area contributed by atoms with Crippen LogP contribution in [-0.2, 0) is 10.0 Å². The molecule has 1 aromatic rings. The van der Waals surface area contributed by atoms with E-state index in [0.29, 0.717) is 18.0 Å². The number of rotatable bonds is 3. The number of benzene rings is 1. The van der Waals surface area contributed by atoms with Gasteiger partial charge in [-0.25, -0.2) is 8.42 Å². The minimum Gasteiger partial charge on any atom is -0.330 e. The molecule has 0 aromatic heterocycles. The maximum absolute atomic E-state index is 12.4. The lowest BCUT2D eigenvalue weighted by Gasteiger charge is -2.20. The lowest BCUT2D eigenvalue weighted by molar-refractivity contribution is 0.404. The summed E-state index contributed by atoms with van der Waals surface area (Å²) >= 11 is 0. The first-order chi connectivity index (χ1) is 8.05. The highest BCUT2D eigenvalue weighted by molar-refractivity contribution is 7.89. The van der Waals surface area contributed by atoms with Crippen LogP contribution in [0.4, 0.5) is 0 Å². The first kappa shape index (κ1) is 12.5. The van der Waals surface area contributed by atoms with Crippen molar-refractivity contribution < 1.29 is 8.42 Å². The normalized spacial score (nSPS) is 26.2. The average molecular weight is 254 g/mol. The van der Waals surface area contributed by atoms with E-state index in [2.05, 4.69) is 0 Å². The van der Waals surface area contributed by atoms with Crippen molar-refractivity contribution in [2.45, 2.75) is 24.3 Å². The van der Waals surface area contributed by atoms with E-state index in [4.69, 9.17) is 5.73 Å². The summed E-state index contributed by atoms with van der Waals surface area (Å²) in [6.07, 6.45) is 0.850. The number of sulfonamides is 1. The Morgan fingerprint density at radius 1 is 1.35 bits per heavy atom. The molecule has 2 atom stereocenters. The fraction of sp³-hybridized carbons (Fsp3) is 0.500. The van der Waals surface area contributed by atoms with Crippen molar-refractivity contribution in [2.24, 2.45) is 11.7 Å². The molecule has 1 aromatic carbocycles. The number of hydrogen-bond donors (Lipinski definition) is 1. The Kier molecular flexibility index (Phi) is 3.51. The number of nitrogens with two attached hydrogens (primary N) is 1. The van der Waals surface area contributed by atoms with Gasteiger partial charge in [0.05, 0.1) is 4.90 Å². The van der Waals surface area contributed by atoms with E-state index in [1.54, 1.807) is 28.6 Å². The summed E-state index contributed by atoms with van der Waals surface area (Å²) in [5, 5.41) is 0. The lowest BCUT2D eigenvalue weighted by Crippen LogP contribution is -2.34. The summed E-state index contributed by atoms with van der Waals surface area (Å²) in [4.78, 5) is 0.365. The van der Waals surface area contributed by atoms with Gasteiger partial charge in [-0.2, -0.15) is 4.31 Å². The lowest BCUT2D eigenvalue weighted by atomic mass is 10.1. The maximum Gasteiger partial charge on any atom is 0.243 e. The van der Waals surface area contributed by atoms with Crippen molar-refractivity contribution in [1.82, 2.24) is 4.31 Å². The van der Waals surface area contributed by atoms with Crippen LogP contribution in [0.2, 0.25) is 0 Å². The van der Waals surface area contributed by atoms with Crippen LogP contribution in [0.25, 0.3) is 0 Å². The summed E-state index contributed by atoms with van der Waals surface area (Å²) in [5.74, 6) is 0.281. The van der Waals surface area contributed by atoms with Crippen LogP contribution in [0.3, 0.4) is 0 Å². The highest BCUT2D eigenvalue weighted by atomic mass is 32.2. The van der Waals surface area contributed by atoms with E-state index in [1.165, 1.54) is 0 Å². The summed E-state index contributed by atoms with van der Waals surface area (Å²) in [7, 11) is -3.35. The van der Waals surface area contributed by atoms with Gasteiger partial charge in [0.2, 0.25) is 10.0 Å². The molecule has 0 saturated carbocycles. The zero-order valence-corrected chi connectivity index (χ0v) is 10.7. The minimum absolute atomic E-state index is 0.0359. The predicted molar refractivity (Wildman–Crippen MR) is 67.0 cm³/mol. The van der Waals surface area contributed by atoms with Gasteiger partial charge in [0, 0.05) is 12.6 Å². The van der Waals surface area contributed by atoms with E-state index < -0.39 is 10.0 Å². The third-order valence-corrected chi connectivity index (χ3v) is 5.28. The van der Waals surface area contributed by atoms with Gasteiger partial charge >= 0.3 is 0 Å². The topological polar surface area (TPSA) is 63.4 Å². The Balaban J connectivity index is 2.28. The van der Waals surface area contributed by atoms with Gasteiger partial charge in [-0.05, 0) is 37.9 Å². The summed E-state index contributed by atoms with van der Waals surface area (Å²) in [6, 6.07) is 8.61. The Morgan fingerprint density at radius 2 is 2.00 bits per heavy atom. The highest BCUT2D eigenvalue weighted by Crippen LogP contribution is 2.28. The zero-order valence-electron chi connectivity index (χ0n) is 9.91. The molecule has 0 spiro atoms. The Bertz CT molecular complexity index is 473. The molecule has 0 radical (unpaired) electrons. The molecule has 4 nitrogen and oxygen atoms in total. The van der Waals surface area contributed by atoms with Crippen LogP contribution in [0, 0.1) is 5.92 Å². The first-order valence-electron chi connectivity index (χ1n) is 5.82. The molecule has 1 heterocycles.